The van der Waals surface area contributed by atoms with Crippen molar-refractivity contribution in [1.29, 1.82) is 0 Å². The lowest BCUT2D eigenvalue weighted by Gasteiger charge is -2.10. The molecule has 0 atom stereocenters. The van der Waals surface area contributed by atoms with Crippen molar-refractivity contribution in [1.82, 2.24) is 15.2 Å². The predicted octanol–water partition coefficient (Wildman–Crippen LogP) is 4.25. The molecule has 0 radical (unpaired) electrons. The van der Waals surface area contributed by atoms with Crippen LogP contribution in [0.1, 0.15) is 17.0 Å². The van der Waals surface area contributed by atoms with Gasteiger partial charge < -0.3 is 9.15 Å². The van der Waals surface area contributed by atoms with Gasteiger partial charge in [0.25, 0.3) is 11.8 Å². The van der Waals surface area contributed by atoms with E-state index in [4.69, 9.17) is 9.15 Å². The minimum absolute atomic E-state index is 0.0108. The van der Waals surface area contributed by atoms with Crippen molar-refractivity contribution in [3.63, 3.8) is 0 Å². The van der Waals surface area contributed by atoms with Gasteiger partial charge in [-0.05, 0) is 35.7 Å². The zero-order valence-electron chi connectivity index (χ0n) is 14.7. The Hall–Kier alpha value is -3.98. The van der Waals surface area contributed by atoms with Crippen LogP contribution in [0.15, 0.2) is 77.5 Å². The number of benzene rings is 2. The maximum absolute atomic E-state index is 14.5. The molecular weight excluding hydrogens is 357 g/mol. The first-order chi connectivity index (χ1) is 13.8. The van der Waals surface area contributed by atoms with Gasteiger partial charge in [-0.1, -0.05) is 47.4 Å². The molecule has 5 nitrogen and oxygen atoms in total. The SMILES string of the molecule is Fc1cccc(OCc2ccccc2)c1-c1nnc(C#Cc2cccnc2)o1. The molecule has 0 fully saturated rings. The van der Waals surface area contributed by atoms with Crippen LogP contribution in [-0.4, -0.2) is 15.2 Å². The Kier molecular flexibility index (Phi) is 5.07. The molecule has 4 rings (SSSR count). The van der Waals surface area contributed by atoms with Gasteiger partial charge in [0.2, 0.25) is 0 Å². The first kappa shape index (κ1) is 17.4. The first-order valence-electron chi connectivity index (χ1n) is 8.51. The summed E-state index contributed by atoms with van der Waals surface area (Å²) in [7, 11) is 0. The molecule has 0 saturated heterocycles. The van der Waals surface area contributed by atoms with Crippen LogP contribution >= 0.6 is 0 Å². The van der Waals surface area contributed by atoms with Gasteiger partial charge in [0, 0.05) is 18.0 Å². The fraction of sp³-hybridized carbons (Fsp3) is 0.0455. The molecule has 0 N–H and O–H groups in total. The number of pyridine rings is 1. The van der Waals surface area contributed by atoms with Crippen molar-refractivity contribution in [2.45, 2.75) is 6.61 Å². The third-order valence-electron chi connectivity index (χ3n) is 3.83. The largest absolute Gasteiger partial charge is 0.488 e. The minimum atomic E-state index is -0.513. The highest BCUT2D eigenvalue weighted by Gasteiger charge is 2.18. The average molecular weight is 371 g/mol. The molecule has 2 heterocycles. The van der Waals surface area contributed by atoms with Crippen LogP contribution in [0.2, 0.25) is 0 Å². The predicted molar refractivity (Wildman–Crippen MR) is 101 cm³/mol. The molecule has 0 saturated carbocycles. The molecule has 4 aromatic rings. The van der Waals surface area contributed by atoms with Gasteiger partial charge in [-0.2, -0.15) is 0 Å². The molecule has 2 aromatic carbocycles. The number of ether oxygens (including phenoxy) is 1. The van der Waals surface area contributed by atoms with E-state index >= 15 is 0 Å². The highest BCUT2D eigenvalue weighted by molar-refractivity contribution is 5.63. The summed E-state index contributed by atoms with van der Waals surface area (Å²) in [5, 5.41) is 7.80. The summed E-state index contributed by atoms with van der Waals surface area (Å²) >= 11 is 0. The molecule has 0 aliphatic rings. The monoisotopic (exact) mass is 371 g/mol. The van der Waals surface area contributed by atoms with Crippen molar-refractivity contribution in [3.8, 4) is 29.0 Å². The molecule has 136 valence electrons. The Morgan fingerprint density at radius 3 is 2.64 bits per heavy atom. The van der Waals surface area contributed by atoms with E-state index in [2.05, 4.69) is 27.0 Å². The zero-order chi connectivity index (χ0) is 19.2. The maximum atomic E-state index is 14.5. The highest BCUT2D eigenvalue weighted by atomic mass is 19.1. The van der Waals surface area contributed by atoms with Crippen LogP contribution in [0.4, 0.5) is 4.39 Å². The van der Waals surface area contributed by atoms with Gasteiger partial charge in [-0.3, -0.25) is 4.98 Å². The van der Waals surface area contributed by atoms with Gasteiger partial charge >= 0.3 is 0 Å². The van der Waals surface area contributed by atoms with Crippen LogP contribution in [0.3, 0.4) is 0 Å². The lowest BCUT2D eigenvalue weighted by atomic mass is 10.2. The summed E-state index contributed by atoms with van der Waals surface area (Å²) in [6.07, 6.45) is 3.28. The molecular formula is C22H14FN3O2. The number of halogens is 1. The van der Waals surface area contributed by atoms with Gasteiger partial charge in [-0.15, -0.1) is 5.10 Å². The molecule has 0 aliphatic carbocycles. The third-order valence-corrected chi connectivity index (χ3v) is 3.83. The van der Waals surface area contributed by atoms with Gasteiger partial charge in [0.05, 0.1) is 0 Å². The molecule has 0 unspecified atom stereocenters. The molecule has 0 amide bonds. The lowest BCUT2D eigenvalue weighted by Crippen LogP contribution is -1.98. The van der Waals surface area contributed by atoms with Gasteiger partial charge in [0.15, 0.2) is 0 Å². The lowest BCUT2D eigenvalue weighted by molar-refractivity contribution is 0.305. The first-order valence-corrected chi connectivity index (χ1v) is 8.51. The summed E-state index contributed by atoms with van der Waals surface area (Å²) in [5.74, 6) is 5.52. The topological polar surface area (TPSA) is 61.0 Å². The summed E-state index contributed by atoms with van der Waals surface area (Å²) in [4.78, 5) is 3.98. The molecule has 2 aromatic heterocycles. The molecule has 0 bridgehead atoms. The average Bonchev–Trinajstić information content (AvgIpc) is 3.21. The van der Waals surface area contributed by atoms with Gasteiger partial charge in [-0.25, -0.2) is 4.39 Å². The van der Waals surface area contributed by atoms with Crippen LogP contribution in [0.5, 0.6) is 5.75 Å². The van der Waals surface area contributed by atoms with Crippen molar-refractivity contribution in [3.05, 3.63) is 95.9 Å². The standard InChI is InChI=1S/C22H14FN3O2/c23-18-9-4-10-19(27-15-17-6-2-1-3-7-17)21(18)22-26-25-20(28-22)12-11-16-8-5-13-24-14-16/h1-10,13-14H,15H2. The van der Waals surface area contributed by atoms with Crippen molar-refractivity contribution in [2.24, 2.45) is 0 Å². The number of hydrogen-bond donors (Lipinski definition) is 0. The molecule has 0 spiro atoms. The Morgan fingerprint density at radius 1 is 0.929 bits per heavy atom. The van der Waals surface area contributed by atoms with E-state index in [1.165, 1.54) is 6.07 Å². The number of rotatable bonds is 4. The second-order valence-electron chi connectivity index (χ2n) is 5.79. The number of nitrogens with zero attached hydrogens (tertiary/aromatic N) is 3. The summed E-state index contributed by atoms with van der Waals surface area (Å²) in [6, 6.07) is 17.7. The fourth-order valence-electron chi connectivity index (χ4n) is 2.50. The van der Waals surface area contributed by atoms with E-state index in [1.54, 1.807) is 30.6 Å². The summed E-state index contributed by atoms with van der Waals surface area (Å²) < 4.78 is 25.8. The number of aromatic nitrogens is 3. The molecule has 6 heteroatoms. The molecule has 28 heavy (non-hydrogen) atoms. The number of hydrogen-bond acceptors (Lipinski definition) is 5. The van der Waals surface area contributed by atoms with E-state index in [0.717, 1.165) is 5.56 Å². The zero-order valence-corrected chi connectivity index (χ0v) is 14.7. The van der Waals surface area contributed by atoms with Crippen LogP contribution < -0.4 is 4.74 Å². The second kappa shape index (κ2) is 8.14. The quantitative estimate of drug-likeness (QED) is 0.502. The van der Waals surface area contributed by atoms with Crippen molar-refractivity contribution in [2.75, 3.05) is 0 Å². The Balaban J connectivity index is 1.59. The van der Waals surface area contributed by atoms with E-state index in [0.29, 0.717) is 17.9 Å². The maximum Gasteiger partial charge on any atom is 0.294 e. The smallest absolute Gasteiger partial charge is 0.294 e. The van der Waals surface area contributed by atoms with Crippen LogP contribution in [-0.2, 0) is 6.61 Å². The Labute approximate surface area is 160 Å². The van der Waals surface area contributed by atoms with Gasteiger partial charge in [0.1, 0.15) is 23.7 Å². The van der Waals surface area contributed by atoms with Crippen LogP contribution in [0, 0.1) is 17.7 Å². The van der Waals surface area contributed by atoms with Crippen LogP contribution in [0.25, 0.3) is 11.5 Å². The van der Waals surface area contributed by atoms with E-state index in [9.17, 15) is 4.39 Å². The Bertz CT molecular complexity index is 1130. The van der Waals surface area contributed by atoms with E-state index in [1.807, 2.05) is 36.4 Å². The molecule has 0 aliphatic heterocycles. The second-order valence-corrected chi connectivity index (χ2v) is 5.79. The summed E-state index contributed by atoms with van der Waals surface area (Å²) in [6.45, 7) is 0.291. The third kappa shape index (κ3) is 4.05. The highest BCUT2D eigenvalue weighted by Crippen LogP contribution is 2.32. The fourth-order valence-corrected chi connectivity index (χ4v) is 2.50. The van der Waals surface area contributed by atoms with Crippen molar-refractivity contribution >= 4 is 0 Å². The van der Waals surface area contributed by atoms with E-state index in [-0.39, 0.29) is 17.3 Å². The summed E-state index contributed by atoms with van der Waals surface area (Å²) in [5.41, 5.74) is 1.78. The van der Waals surface area contributed by atoms with Crippen molar-refractivity contribution < 1.29 is 13.5 Å². The van der Waals surface area contributed by atoms with E-state index < -0.39 is 5.82 Å². The normalized spacial score (nSPS) is 10.2. The minimum Gasteiger partial charge on any atom is -0.488 e. The Morgan fingerprint density at radius 2 is 1.82 bits per heavy atom.